The summed E-state index contributed by atoms with van der Waals surface area (Å²) in [5, 5.41) is 14.2. The number of para-hydroxylation sites is 1. The number of aliphatic hydroxyl groups is 1. The third kappa shape index (κ3) is 7.27. The number of aromatic nitrogens is 1. The lowest BCUT2D eigenvalue weighted by atomic mass is 9.93. The van der Waals surface area contributed by atoms with E-state index in [1.165, 1.54) is 12.1 Å². The molecule has 0 bridgehead atoms. The molecule has 2 N–H and O–H groups in total. The molecule has 1 aliphatic rings. The van der Waals surface area contributed by atoms with E-state index in [-0.39, 0.29) is 17.8 Å². The summed E-state index contributed by atoms with van der Waals surface area (Å²) in [4.78, 5) is 0. The molecule has 6 heteroatoms. The van der Waals surface area contributed by atoms with Gasteiger partial charge in [-0.3, -0.25) is 0 Å². The highest BCUT2D eigenvalue weighted by Crippen LogP contribution is 2.45. The van der Waals surface area contributed by atoms with Gasteiger partial charge in [0.05, 0.1) is 17.9 Å². The second kappa shape index (κ2) is 14.2. The van der Waals surface area contributed by atoms with Crippen molar-refractivity contribution in [3.8, 4) is 22.4 Å². The zero-order valence-electron chi connectivity index (χ0n) is 25.4. The van der Waals surface area contributed by atoms with Crippen molar-refractivity contribution in [1.82, 2.24) is 4.57 Å². The molecule has 1 aromatic heterocycles. The number of anilines is 1. The molecule has 5 nitrogen and oxygen atoms in total. The normalized spacial score (nSPS) is 18.6. The second-order valence-corrected chi connectivity index (χ2v) is 11.6. The Hall–Kier alpha value is -3.71. The number of aliphatic hydroxyl groups excluding tert-OH is 1. The van der Waals surface area contributed by atoms with E-state index in [0.29, 0.717) is 32.4 Å². The molecule has 0 radical (unpaired) electrons. The highest BCUT2D eigenvalue weighted by molar-refractivity contribution is 5.95. The van der Waals surface area contributed by atoms with Crippen LogP contribution in [0.3, 0.4) is 0 Å². The number of halogens is 1. The Balaban J connectivity index is 1.64. The predicted octanol–water partition coefficient (Wildman–Crippen LogP) is 8.85. The molecule has 226 valence electrons. The first-order valence-electron chi connectivity index (χ1n) is 15.4. The molecule has 2 heterocycles. The van der Waals surface area contributed by atoms with Gasteiger partial charge in [0.25, 0.3) is 0 Å². The molecule has 0 spiro atoms. The summed E-state index contributed by atoms with van der Waals surface area (Å²) in [5.74, 6) is -0.121. The van der Waals surface area contributed by atoms with E-state index in [1.54, 1.807) is 0 Å². The molecule has 1 aliphatic heterocycles. The van der Waals surface area contributed by atoms with E-state index >= 15 is 0 Å². The van der Waals surface area contributed by atoms with Crippen LogP contribution < -0.4 is 5.32 Å². The number of ether oxygens (including phenoxy) is 2. The molecule has 1 saturated heterocycles. The summed E-state index contributed by atoms with van der Waals surface area (Å²) < 4.78 is 28.7. The van der Waals surface area contributed by atoms with Gasteiger partial charge < -0.3 is 24.5 Å². The van der Waals surface area contributed by atoms with Gasteiger partial charge in [-0.15, -0.1) is 0 Å². The number of hydrogen-bond acceptors (Lipinski definition) is 4. The number of benzene rings is 3. The van der Waals surface area contributed by atoms with Crippen LogP contribution in [-0.2, 0) is 16.0 Å². The Morgan fingerprint density at radius 3 is 2.33 bits per heavy atom. The highest BCUT2D eigenvalue weighted by Gasteiger charge is 2.31. The Kier molecular flexibility index (Phi) is 10.1. The van der Waals surface area contributed by atoms with Crippen LogP contribution in [0, 0.1) is 5.82 Å². The molecule has 0 amide bonds. The molecular formula is C37H43FN2O3. The monoisotopic (exact) mass is 582 g/mol. The van der Waals surface area contributed by atoms with Gasteiger partial charge in [0.1, 0.15) is 5.82 Å². The van der Waals surface area contributed by atoms with Gasteiger partial charge in [-0.1, -0.05) is 75.9 Å². The van der Waals surface area contributed by atoms with E-state index in [9.17, 15) is 9.50 Å². The van der Waals surface area contributed by atoms with E-state index in [0.717, 1.165) is 51.4 Å². The minimum atomic E-state index is -0.461. The minimum absolute atomic E-state index is 0.150. The summed E-state index contributed by atoms with van der Waals surface area (Å²) in [7, 11) is 0. The first-order valence-corrected chi connectivity index (χ1v) is 15.4. The van der Waals surface area contributed by atoms with Crippen molar-refractivity contribution >= 4 is 11.4 Å². The van der Waals surface area contributed by atoms with Crippen LogP contribution in [0.1, 0.15) is 63.6 Å². The topological polar surface area (TPSA) is 55.7 Å². The van der Waals surface area contributed by atoms with Crippen LogP contribution in [0.25, 0.3) is 28.1 Å². The zero-order chi connectivity index (χ0) is 30.3. The second-order valence-electron chi connectivity index (χ2n) is 11.6. The summed E-state index contributed by atoms with van der Waals surface area (Å²) in [6, 6.07) is 27.1. The fourth-order valence-corrected chi connectivity index (χ4v) is 6.09. The van der Waals surface area contributed by atoms with Gasteiger partial charge in [-0.2, -0.15) is 0 Å². The van der Waals surface area contributed by atoms with Crippen molar-refractivity contribution in [3.05, 3.63) is 109 Å². The van der Waals surface area contributed by atoms with Crippen LogP contribution >= 0.6 is 0 Å². The smallest absolute Gasteiger partial charge is 0.160 e. The van der Waals surface area contributed by atoms with Crippen molar-refractivity contribution in [1.29, 1.82) is 0 Å². The lowest BCUT2D eigenvalue weighted by Gasteiger charge is -2.33. The van der Waals surface area contributed by atoms with Crippen LogP contribution in [0.15, 0.2) is 91.5 Å². The van der Waals surface area contributed by atoms with Gasteiger partial charge in [-0.05, 0) is 72.7 Å². The molecule has 4 aromatic rings. The zero-order valence-corrected chi connectivity index (χ0v) is 25.4. The Bertz CT molecular complexity index is 1480. The molecule has 5 rings (SSSR count). The predicted molar refractivity (Wildman–Crippen MR) is 173 cm³/mol. The van der Waals surface area contributed by atoms with E-state index in [4.69, 9.17) is 9.47 Å². The quantitative estimate of drug-likeness (QED) is 0.175. The van der Waals surface area contributed by atoms with Gasteiger partial charge in [0.2, 0.25) is 0 Å². The summed E-state index contributed by atoms with van der Waals surface area (Å²) in [5.41, 5.74) is 7.99. The first-order chi connectivity index (χ1) is 20.9. The largest absolute Gasteiger partial charge is 0.393 e. The Morgan fingerprint density at radius 2 is 1.67 bits per heavy atom. The molecule has 0 saturated carbocycles. The fourth-order valence-electron chi connectivity index (χ4n) is 6.09. The highest BCUT2D eigenvalue weighted by atomic mass is 19.1. The number of nitrogens with one attached hydrogen (secondary N) is 1. The Labute approximate surface area is 255 Å². The summed E-state index contributed by atoms with van der Waals surface area (Å²) >= 11 is 0. The third-order valence-corrected chi connectivity index (χ3v) is 7.93. The van der Waals surface area contributed by atoms with Crippen molar-refractivity contribution in [2.24, 2.45) is 0 Å². The number of rotatable bonds is 12. The third-order valence-electron chi connectivity index (χ3n) is 7.93. The fraction of sp³-hybridized carbons (Fsp3) is 0.351. The number of nitrogens with zero attached hydrogens (tertiary/aromatic N) is 1. The summed E-state index contributed by atoms with van der Waals surface area (Å²) in [6.07, 6.45) is 1.64. The van der Waals surface area contributed by atoms with Crippen molar-refractivity contribution in [2.75, 3.05) is 11.9 Å². The molecule has 0 aliphatic carbocycles. The minimum Gasteiger partial charge on any atom is -0.393 e. The molecule has 43 heavy (non-hydrogen) atoms. The number of hydrogen-bond donors (Lipinski definition) is 2. The van der Waals surface area contributed by atoms with Crippen LogP contribution in [0.5, 0.6) is 0 Å². The van der Waals surface area contributed by atoms with E-state index < -0.39 is 12.4 Å². The van der Waals surface area contributed by atoms with Crippen LogP contribution in [-0.4, -0.2) is 34.8 Å². The average molecular weight is 583 g/mol. The maximum atomic E-state index is 14.2. The van der Waals surface area contributed by atoms with Gasteiger partial charge in [0.15, 0.2) is 6.29 Å². The van der Waals surface area contributed by atoms with E-state index in [1.807, 2.05) is 60.7 Å². The molecule has 3 aromatic carbocycles. The SMILES string of the molecule is C=C(Nc1ccccc1)c1c(-c2ccccc2)c(-c2ccc(F)cc2)n(CC[C@@H]2C[C@@H](O)CC(OCCC)O2)c1C(C)C. The van der Waals surface area contributed by atoms with Gasteiger partial charge >= 0.3 is 0 Å². The lowest BCUT2D eigenvalue weighted by Crippen LogP contribution is -2.37. The van der Waals surface area contributed by atoms with Crippen molar-refractivity contribution < 1.29 is 19.0 Å². The maximum absolute atomic E-state index is 14.2. The van der Waals surface area contributed by atoms with Crippen LogP contribution in [0.4, 0.5) is 10.1 Å². The maximum Gasteiger partial charge on any atom is 0.160 e. The lowest BCUT2D eigenvalue weighted by molar-refractivity contribution is -0.216. The van der Waals surface area contributed by atoms with Crippen molar-refractivity contribution in [3.63, 3.8) is 0 Å². The van der Waals surface area contributed by atoms with Crippen LogP contribution in [0.2, 0.25) is 0 Å². The Morgan fingerprint density at radius 1 is 1.00 bits per heavy atom. The standard InChI is InChI=1S/C37H43FN2O3/c1-5-22-42-33-24-31(41)23-32(43-33)20-21-40-36(25(2)3)34(26(4)39-30-14-10-7-11-15-30)35(27-12-8-6-9-13-27)37(40)28-16-18-29(38)19-17-28/h6-19,25,31-33,39,41H,4-5,20-24H2,1-3H3/t31-,32-,33?/m1/s1. The summed E-state index contributed by atoms with van der Waals surface area (Å²) in [6.45, 7) is 12.3. The molecular weight excluding hydrogens is 539 g/mol. The molecule has 3 atom stereocenters. The molecule has 1 fully saturated rings. The van der Waals surface area contributed by atoms with E-state index in [2.05, 4.69) is 49.4 Å². The van der Waals surface area contributed by atoms with Gasteiger partial charge in [-0.25, -0.2) is 4.39 Å². The average Bonchev–Trinajstić information content (AvgIpc) is 3.36. The van der Waals surface area contributed by atoms with Crippen molar-refractivity contribution in [2.45, 2.75) is 77.4 Å². The molecule has 1 unspecified atom stereocenters. The van der Waals surface area contributed by atoms with Gasteiger partial charge in [0, 0.05) is 47.8 Å². The first kappa shape index (κ1) is 30.7.